The number of carbonyl (C=O) groups excluding carboxylic acids is 1. The molecule has 2 rings (SSSR count). The zero-order chi connectivity index (χ0) is 15.1. The van der Waals surface area contributed by atoms with Gasteiger partial charge in [0.1, 0.15) is 12.3 Å². The molecule has 1 aliphatic heterocycles. The summed E-state index contributed by atoms with van der Waals surface area (Å²) in [4.78, 5) is 18.5. The van der Waals surface area contributed by atoms with Gasteiger partial charge in [0.05, 0.1) is 11.7 Å². The maximum absolute atomic E-state index is 12.6. The van der Waals surface area contributed by atoms with Crippen LogP contribution in [0.25, 0.3) is 0 Å². The van der Waals surface area contributed by atoms with E-state index in [4.69, 9.17) is 9.84 Å². The third-order valence-electron chi connectivity index (χ3n) is 3.38. The monoisotopic (exact) mass is 288 g/mol. The van der Waals surface area contributed by atoms with Gasteiger partial charge in [0, 0.05) is 25.9 Å². The van der Waals surface area contributed by atoms with Crippen molar-refractivity contribution in [3.05, 3.63) is 29.6 Å². The zero-order valence-corrected chi connectivity index (χ0v) is 12.2. The van der Waals surface area contributed by atoms with Crippen LogP contribution in [-0.4, -0.2) is 53.3 Å². The Bertz CT molecular complexity index is 546. The largest absolute Gasteiger partial charge is 0.384 e. The summed E-state index contributed by atoms with van der Waals surface area (Å²) in [5, 5.41) is 8.79. The minimum Gasteiger partial charge on any atom is -0.384 e. The maximum Gasteiger partial charge on any atom is 0.273 e. The molecule has 1 fully saturated rings. The van der Waals surface area contributed by atoms with Gasteiger partial charge in [-0.2, -0.15) is 0 Å². The van der Waals surface area contributed by atoms with Gasteiger partial charge in [0.2, 0.25) is 0 Å². The van der Waals surface area contributed by atoms with Crippen LogP contribution < -0.4 is 0 Å². The summed E-state index contributed by atoms with van der Waals surface area (Å²) in [5.41, 5.74) is 0.894. The fraction of sp³-hybridized carbons (Fsp3) is 0.500. The van der Waals surface area contributed by atoms with Crippen LogP contribution in [0, 0.1) is 11.8 Å². The van der Waals surface area contributed by atoms with Crippen molar-refractivity contribution in [1.82, 2.24) is 9.88 Å². The second kappa shape index (κ2) is 7.77. The predicted octanol–water partition coefficient (Wildman–Crippen LogP) is 1.07. The molecule has 1 aliphatic rings. The quantitative estimate of drug-likeness (QED) is 0.845. The van der Waals surface area contributed by atoms with E-state index in [-0.39, 0.29) is 18.6 Å². The number of ether oxygens (including phenoxy) is 1. The number of hydrogen-bond acceptors (Lipinski definition) is 4. The Hall–Kier alpha value is -1.90. The van der Waals surface area contributed by atoms with Gasteiger partial charge in [0.15, 0.2) is 0 Å². The predicted molar refractivity (Wildman–Crippen MR) is 78.8 cm³/mol. The molecule has 1 atom stereocenters. The molecule has 1 aromatic rings. The van der Waals surface area contributed by atoms with Crippen LogP contribution in [0.5, 0.6) is 0 Å². The van der Waals surface area contributed by atoms with Gasteiger partial charge in [0.25, 0.3) is 5.91 Å². The first kappa shape index (κ1) is 15.5. The zero-order valence-electron chi connectivity index (χ0n) is 12.2. The third kappa shape index (κ3) is 4.03. The van der Waals surface area contributed by atoms with E-state index in [9.17, 15) is 4.79 Å². The molecule has 1 aromatic heterocycles. The van der Waals surface area contributed by atoms with E-state index in [2.05, 4.69) is 16.8 Å². The normalized spacial score (nSPS) is 18.0. The molecule has 0 spiro atoms. The standard InChI is InChI=1S/C16H20N2O3/c1-2-21-14-8-4-10-18(12-14)16(20)15-13(7-5-11-19)6-3-9-17-15/h3,6,9,14,19H,2,4,8,10-12H2,1H3. The first-order valence-electron chi connectivity index (χ1n) is 7.22. The molecular formula is C16H20N2O3. The number of aliphatic hydroxyl groups excluding tert-OH is 1. The highest BCUT2D eigenvalue weighted by Crippen LogP contribution is 2.16. The first-order chi connectivity index (χ1) is 10.3. The summed E-state index contributed by atoms with van der Waals surface area (Å²) in [6.07, 6.45) is 3.60. The van der Waals surface area contributed by atoms with Crippen molar-refractivity contribution in [2.45, 2.75) is 25.9 Å². The lowest BCUT2D eigenvalue weighted by Crippen LogP contribution is -2.43. The van der Waals surface area contributed by atoms with Crippen molar-refractivity contribution in [3.63, 3.8) is 0 Å². The summed E-state index contributed by atoms with van der Waals surface area (Å²) < 4.78 is 5.62. The van der Waals surface area contributed by atoms with Crippen LogP contribution in [-0.2, 0) is 4.74 Å². The van der Waals surface area contributed by atoms with Gasteiger partial charge in [-0.1, -0.05) is 11.8 Å². The minimum absolute atomic E-state index is 0.100. The molecule has 21 heavy (non-hydrogen) atoms. The molecule has 0 bridgehead atoms. The number of hydrogen-bond donors (Lipinski definition) is 1. The van der Waals surface area contributed by atoms with Crippen molar-refractivity contribution < 1.29 is 14.6 Å². The highest BCUT2D eigenvalue weighted by atomic mass is 16.5. The Balaban J connectivity index is 2.16. The number of rotatable bonds is 3. The van der Waals surface area contributed by atoms with Crippen molar-refractivity contribution in [3.8, 4) is 11.8 Å². The highest BCUT2D eigenvalue weighted by molar-refractivity contribution is 5.94. The fourth-order valence-electron chi connectivity index (χ4n) is 2.46. The van der Waals surface area contributed by atoms with Crippen molar-refractivity contribution in [1.29, 1.82) is 0 Å². The second-order valence-corrected chi connectivity index (χ2v) is 4.83. The van der Waals surface area contributed by atoms with E-state index in [1.165, 1.54) is 0 Å². The van der Waals surface area contributed by atoms with Gasteiger partial charge < -0.3 is 14.7 Å². The molecule has 5 nitrogen and oxygen atoms in total. The number of carbonyl (C=O) groups is 1. The van der Waals surface area contributed by atoms with Crippen LogP contribution in [0.15, 0.2) is 18.3 Å². The van der Waals surface area contributed by atoms with Crippen LogP contribution in [0.1, 0.15) is 35.8 Å². The van der Waals surface area contributed by atoms with Gasteiger partial charge in [-0.05, 0) is 31.9 Å². The van der Waals surface area contributed by atoms with Crippen molar-refractivity contribution >= 4 is 5.91 Å². The molecule has 0 radical (unpaired) electrons. The molecule has 2 heterocycles. The minimum atomic E-state index is -0.237. The SMILES string of the molecule is CCOC1CCCN(C(=O)c2ncccc2C#CCO)C1. The summed E-state index contributed by atoms with van der Waals surface area (Å²) >= 11 is 0. The Morgan fingerprint density at radius 2 is 2.48 bits per heavy atom. The molecule has 1 N–H and O–H groups in total. The fourth-order valence-corrected chi connectivity index (χ4v) is 2.46. The van der Waals surface area contributed by atoms with Crippen LogP contribution in [0.3, 0.4) is 0 Å². The second-order valence-electron chi connectivity index (χ2n) is 4.83. The molecule has 0 saturated carbocycles. The number of amides is 1. The van der Waals surface area contributed by atoms with E-state index >= 15 is 0 Å². The number of piperidine rings is 1. The molecule has 0 aliphatic carbocycles. The van der Waals surface area contributed by atoms with Crippen LogP contribution in [0.2, 0.25) is 0 Å². The molecule has 112 valence electrons. The summed E-state index contributed by atoms with van der Waals surface area (Å²) in [6, 6.07) is 3.48. The van der Waals surface area contributed by atoms with Crippen LogP contribution >= 0.6 is 0 Å². The lowest BCUT2D eigenvalue weighted by Gasteiger charge is -2.32. The van der Waals surface area contributed by atoms with E-state index in [0.29, 0.717) is 31.0 Å². The van der Waals surface area contributed by atoms with Gasteiger partial charge in [-0.15, -0.1) is 0 Å². The summed E-state index contributed by atoms with van der Waals surface area (Å²) in [7, 11) is 0. The van der Waals surface area contributed by atoms with E-state index in [0.717, 1.165) is 12.8 Å². The van der Waals surface area contributed by atoms with E-state index < -0.39 is 0 Å². The molecule has 0 aromatic carbocycles. The number of nitrogens with zero attached hydrogens (tertiary/aromatic N) is 2. The average Bonchev–Trinajstić information content (AvgIpc) is 2.53. The molecule has 1 amide bonds. The lowest BCUT2D eigenvalue weighted by molar-refractivity contribution is 0.00702. The number of pyridine rings is 1. The van der Waals surface area contributed by atoms with Crippen molar-refractivity contribution in [2.75, 3.05) is 26.3 Å². The third-order valence-corrected chi connectivity index (χ3v) is 3.38. The Kier molecular flexibility index (Phi) is 5.73. The highest BCUT2D eigenvalue weighted by Gasteiger charge is 2.26. The smallest absolute Gasteiger partial charge is 0.273 e. The Morgan fingerprint density at radius 3 is 3.24 bits per heavy atom. The summed E-state index contributed by atoms with van der Waals surface area (Å²) in [6.45, 7) is 3.69. The summed E-state index contributed by atoms with van der Waals surface area (Å²) in [5.74, 6) is 5.22. The average molecular weight is 288 g/mol. The van der Waals surface area contributed by atoms with Gasteiger partial charge in [-0.3, -0.25) is 4.79 Å². The Morgan fingerprint density at radius 1 is 1.62 bits per heavy atom. The van der Waals surface area contributed by atoms with Crippen LogP contribution in [0.4, 0.5) is 0 Å². The van der Waals surface area contributed by atoms with E-state index in [1.54, 1.807) is 23.2 Å². The number of aliphatic hydroxyl groups is 1. The first-order valence-corrected chi connectivity index (χ1v) is 7.22. The lowest BCUT2D eigenvalue weighted by atomic mass is 10.1. The number of aromatic nitrogens is 1. The van der Waals surface area contributed by atoms with Gasteiger partial charge in [-0.25, -0.2) is 4.98 Å². The molecule has 1 saturated heterocycles. The topological polar surface area (TPSA) is 62.7 Å². The maximum atomic E-state index is 12.6. The van der Waals surface area contributed by atoms with Crippen molar-refractivity contribution in [2.24, 2.45) is 0 Å². The Labute approximate surface area is 124 Å². The van der Waals surface area contributed by atoms with Gasteiger partial charge >= 0.3 is 0 Å². The molecular weight excluding hydrogens is 268 g/mol. The molecule has 1 unspecified atom stereocenters. The molecule has 5 heteroatoms. The number of likely N-dealkylation sites (tertiary alicyclic amines) is 1. The van der Waals surface area contributed by atoms with E-state index in [1.807, 2.05) is 6.92 Å².